The van der Waals surface area contributed by atoms with E-state index in [9.17, 15) is 0 Å². The van der Waals surface area contributed by atoms with Crippen LogP contribution in [-0.4, -0.2) is 6.71 Å². The molecule has 0 aliphatic heterocycles. The monoisotopic (exact) mass is 548 g/mol. The highest BCUT2D eigenvalue weighted by Crippen LogP contribution is 2.43. The molecule has 0 bridgehead atoms. The Morgan fingerprint density at radius 2 is 1.19 bits per heavy atom. The fourth-order valence-corrected chi connectivity index (χ4v) is 7.60. The van der Waals surface area contributed by atoms with Crippen molar-refractivity contribution in [2.45, 2.75) is 19.8 Å². The molecule has 0 fully saturated rings. The van der Waals surface area contributed by atoms with E-state index in [0.29, 0.717) is 11.8 Å². The van der Waals surface area contributed by atoms with Gasteiger partial charge in [0.05, 0.1) is 0 Å². The van der Waals surface area contributed by atoms with Crippen LogP contribution in [0, 0.1) is 19.8 Å². The lowest BCUT2D eigenvalue weighted by Gasteiger charge is -2.31. The lowest BCUT2D eigenvalue weighted by molar-refractivity contribution is 0.689. The minimum Gasteiger partial charge on any atom is -0.0767 e. The fourth-order valence-electron chi connectivity index (χ4n) is 7.60. The maximum atomic E-state index is 2.49. The Morgan fingerprint density at radius 3 is 1.91 bits per heavy atom. The van der Waals surface area contributed by atoms with Gasteiger partial charge in [0.1, 0.15) is 0 Å². The molecule has 1 unspecified atom stereocenters. The van der Waals surface area contributed by atoms with Crippen LogP contribution in [0.1, 0.15) is 33.7 Å². The molecule has 6 aromatic rings. The smallest absolute Gasteiger partial charge is 0.0767 e. The molecule has 1 heteroatoms. The average molecular weight is 549 g/mol. The van der Waals surface area contributed by atoms with Crippen LogP contribution in [0.3, 0.4) is 0 Å². The molecule has 0 amide bonds. The van der Waals surface area contributed by atoms with Crippen LogP contribution >= 0.6 is 0 Å². The first-order valence-corrected chi connectivity index (χ1v) is 15.4. The van der Waals surface area contributed by atoms with Gasteiger partial charge in [-0.25, -0.2) is 0 Å². The van der Waals surface area contributed by atoms with E-state index in [1.54, 1.807) is 0 Å². The molecule has 0 N–H and O–H groups in total. The first-order chi connectivity index (χ1) is 21.2. The fraction of sp³-hybridized carbons (Fsp3) is 0.0952. The summed E-state index contributed by atoms with van der Waals surface area (Å²) in [6, 6.07) is 45.3. The van der Waals surface area contributed by atoms with E-state index in [4.69, 9.17) is 0 Å². The van der Waals surface area contributed by atoms with E-state index in [2.05, 4.69) is 166 Å². The molecule has 6 aromatic carbocycles. The van der Waals surface area contributed by atoms with E-state index in [1.807, 2.05) is 0 Å². The number of allylic oxidation sites excluding steroid dienone is 5. The van der Waals surface area contributed by atoms with Gasteiger partial charge in [-0.2, -0.15) is 0 Å². The Morgan fingerprint density at radius 1 is 0.558 bits per heavy atom. The highest BCUT2D eigenvalue weighted by atomic mass is 14.3. The van der Waals surface area contributed by atoms with Crippen molar-refractivity contribution in [1.82, 2.24) is 0 Å². The molecule has 0 aromatic heterocycles. The Hall–Kier alpha value is -4.88. The Kier molecular flexibility index (Phi) is 6.26. The summed E-state index contributed by atoms with van der Waals surface area (Å²) in [7, 11) is 0. The minimum atomic E-state index is 0.0850. The Balaban J connectivity index is 1.39. The molecule has 0 spiro atoms. The van der Waals surface area contributed by atoms with Crippen LogP contribution in [0.25, 0.3) is 27.1 Å². The summed E-state index contributed by atoms with van der Waals surface area (Å²) >= 11 is 0. The lowest BCUT2D eigenvalue weighted by atomic mass is 9.34. The third kappa shape index (κ3) is 4.31. The predicted molar refractivity (Wildman–Crippen MR) is 186 cm³/mol. The zero-order chi connectivity index (χ0) is 28.9. The summed E-state index contributed by atoms with van der Waals surface area (Å²) in [5, 5.41) is 5.23. The zero-order valence-electron chi connectivity index (χ0n) is 24.7. The van der Waals surface area contributed by atoms with Gasteiger partial charge in [-0.15, -0.1) is 0 Å². The van der Waals surface area contributed by atoms with Crippen LogP contribution < -0.4 is 16.4 Å². The van der Waals surface area contributed by atoms with Crippen LogP contribution in [0.5, 0.6) is 0 Å². The van der Waals surface area contributed by atoms with Gasteiger partial charge < -0.3 is 0 Å². The maximum absolute atomic E-state index is 2.49. The minimum absolute atomic E-state index is 0.0850. The second kappa shape index (κ2) is 10.4. The first kappa shape index (κ1) is 25.8. The Bertz CT molecular complexity index is 2040. The molecule has 0 radical (unpaired) electrons. The van der Waals surface area contributed by atoms with Gasteiger partial charge in [0.15, 0.2) is 0 Å². The van der Waals surface area contributed by atoms with Crippen LogP contribution in [0.2, 0.25) is 0 Å². The molecule has 43 heavy (non-hydrogen) atoms. The standard InChI is InChI=1S/C42H33B/c1-28-22-24-30-12-3-7-18-36(30)41(28)43(42-29(2)23-25-31-13-4-8-19-37(31)42)34-16-11-15-32(26-34)40-27-33-14-5-6-17-35(33)38-20-9-10-21-39(38)40/h3-27,33,35H,1-2H3/t33?,35-/m0/s1. The average Bonchev–Trinajstić information content (AvgIpc) is 3.06. The quantitative estimate of drug-likeness (QED) is 0.194. The van der Waals surface area contributed by atoms with Gasteiger partial charge in [0, 0.05) is 11.8 Å². The molecule has 2 atom stereocenters. The van der Waals surface area contributed by atoms with Gasteiger partial charge >= 0.3 is 0 Å². The second-order valence-corrected chi connectivity index (χ2v) is 12.1. The third-order valence-electron chi connectivity index (χ3n) is 9.63. The zero-order valence-corrected chi connectivity index (χ0v) is 24.7. The summed E-state index contributed by atoms with van der Waals surface area (Å²) in [6.07, 6.45) is 11.6. The topological polar surface area (TPSA) is 0 Å². The van der Waals surface area contributed by atoms with Gasteiger partial charge in [-0.1, -0.05) is 179 Å². The number of rotatable bonds is 4. The van der Waals surface area contributed by atoms with Crippen LogP contribution in [-0.2, 0) is 0 Å². The van der Waals surface area contributed by atoms with Crippen molar-refractivity contribution in [3.8, 4) is 0 Å². The normalized spacial score (nSPS) is 17.0. The van der Waals surface area contributed by atoms with E-state index in [-0.39, 0.29) is 6.71 Å². The summed E-state index contributed by atoms with van der Waals surface area (Å²) in [5.74, 6) is 0.771. The van der Waals surface area contributed by atoms with Gasteiger partial charge in [-0.05, 0) is 57.7 Å². The van der Waals surface area contributed by atoms with Gasteiger partial charge in [-0.3, -0.25) is 0 Å². The molecule has 0 heterocycles. The SMILES string of the molecule is Cc1ccc2ccccc2c1B(c1cccc(C2=CC3C=CC=C[C@@H]3c3ccccc32)c1)c1c(C)ccc2ccccc12. The second-order valence-electron chi connectivity index (χ2n) is 12.1. The molecular weight excluding hydrogens is 515 g/mol. The van der Waals surface area contributed by atoms with Crippen molar-refractivity contribution in [1.29, 1.82) is 0 Å². The highest BCUT2D eigenvalue weighted by Gasteiger charge is 2.31. The van der Waals surface area contributed by atoms with Crippen molar-refractivity contribution in [2.75, 3.05) is 0 Å². The summed E-state index contributed by atoms with van der Waals surface area (Å²) in [4.78, 5) is 0. The van der Waals surface area contributed by atoms with E-state index < -0.39 is 0 Å². The van der Waals surface area contributed by atoms with Crippen molar-refractivity contribution >= 4 is 50.2 Å². The molecular formula is C42H33B. The maximum Gasteiger partial charge on any atom is 0.243 e. The van der Waals surface area contributed by atoms with E-state index in [1.165, 1.54) is 71.3 Å². The molecule has 0 saturated heterocycles. The van der Waals surface area contributed by atoms with Gasteiger partial charge in [0.2, 0.25) is 6.71 Å². The molecule has 8 rings (SSSR count). The van der Waals surface area contributed by atoms with Gasteiger partial charge in [0.25, 0.3) is 0 Å². The number of hydrogen-bond donors (Lipinski definition) is 0. The van der Waals surface area contributed by atoms with E-state index >= 15 is 0 Å². The molecule has 0 nitrogen and oxygen atoms in total. The number of hydrogen-bond acceptors (Lipinski definition) is 0. The number of fused-ring (bicyclic) bond motifs is 5. The summed E-state index contributed by atoms with van der Waals surface area (Å²) in [6.45, 7) is 4.64. The number of aryl methyl sites for hydroxylation is 2. The first-order valence-electron chi connectivity index (χ1n) is 15.4. The third-order valence-corrected chi connectivity index (χ3v) is 9.63. The molecule has 2 aliphatic carbocycles. The van der Waals surface area contributed by atoms with E-state index in [0.717, 1.165) is 0 Å². The predicted octanol–water partition coefficient (Wildman–Crippen LogP) is 8.40. The van der Waals surface area contributed by atoms with Crippen molar-refractivity contribution in [3.05, 3.63) is 180 Å². The Labute approximate surface area is 254 Å². The van der Waals surface area contributed by atoms with Crippen molar-refractivity contribution < 1.29 is 0 Å². The van der Waals surface area contributed by atoms with Crippen molar-refractivity contribution in [2.24, 2.45) is 5.92 Å². The summed E-state index contributed by atoms with van der Waals surface area (Å²) < 4.78 is 0. The van der Waals surface area contributed by atoms with Crippen LogP contribution in [0.15, 0.2) is 152 Å². The summed E-state index contributed by atoms with van der Waals surface area (Å²) in [5.41, 5.74) is 12.2. The lowest BCUT2D eigenvalue weighted by Crippen LogP contribution is -2.54. The largest absolute Gasteiger partial charge is 0.243 e. The molecule has 0 saturated carbocycles. The molecule has 2 aliphatic rings. The number of benzene rings is 6. The van der Waals surface area contributed by atoms with Crippen molar-refractivity contribution in [3.63, 3.8) is 0 Å². The molecule has 204 valence electrons. The van der Waals surface area contributed by atoms with Crippen LogP contribution in [0.4, 0.5) is 0 Å². The highest BCUT2D eigenvalue weighted by molar-refractivity contribution is 6.98.